The van der Waals surface area contributed by atoms with E-state index in [4.69, 9.17) is 4.42 Å². The van der Waals surface area contributed by atoms with Crippen molar-refractivity contribution in [2.24, 2.45) is 0 Å². The third kappa shape index (κ3) is 2.24. The molecule has 0 aliphatic heterocycles. The molecular formula is C13H12N4O. The molecule has 3 aromatic rings. The summed E-state index contributed by atoms with van der Waals surface area (Å²) in [6, 6.07) is 9.95. The van der Waals surface area contributed by atoms with Gasteiger partial charge in [0.2, 0.25) is 0 Å². The van der Waals surface area contributed by atoms with Gasteiger partial charge in [-0.05, 0) is 30.3 Å². The van der Waals surface area contributed by atoms with Gasteiger partial charge in [-0.2, -0.15) is 5.10 Å². The van der Waals surface area contributed by atoms with Gasteiger partial charge in [-0.15, -0.1) is 0 Å². The van der Waals surface area contributed by atoms with Gasteiger partial charge in [0.25, 0.3) is 0 Å². The number of rotatable bonds is 4. The number of aromatic nitrogens is 3. The fraction of sp³-hybridized carbons (Fsp3) is 0.0769. The van der Waals surface area contributed by atoms with Crippen LogP contribution in [0.15, 0.2) is 53.5 Å². The predicted octanol–water partition coefficient (Wildman–Crippen LogP) is 2.68. The van der Waals surface area contributed by atoms with Gasteiger partial charge in [0, 0.05) is 17.4 Å². The van der Waals surface area contributed by atoms with Gasteiger partial charge < -0.3 is 9.73 Å². The van der Waals surface area contributed by atoms with Gasteiger partial charge in [0.05, 0.1) is 18.4 Å². The number of nitrogens with one attached hydrogen (secondary N) is 2. The van der Waals surface area contributed by atoms with E-state index < -0.39 is 0 Å². The zero-order chi connectivity index (χ0) is 12.2. The topological polar surface area (TPSA) is 66.7 Å². The Kier molecular flexibility index (Phi) is 2.79. The van der Waals surface area contributed by atoms with Crippen molar-refractivity contribution >= 4 is 5.69 Å². The van der Waals surface area contributed by atoms with Crippen molar-refractivity contribution in [3.8, 4) is 11.3 Å². The predicted molar refractivity (Wildman–Crippen MR) is 67.9 cm³/mol. The van der Waals surface area contributed by atoms with Gasteiger partial charge in [0.15, 0.2) is 12.2 Å². The lowest BCUT2D eigenvalue weighted by molar-refractivity contribution is 0.572. The normalized spacial score (nSPS) is 10.4. The van der Waals surface area contributed by atoms with Gasteiger partial charge in [-0.25, -0.2) is 4.98 Å². The maximum absolute atomic E-state index is 5.23. The molecule has 5 heteroatoms. The molecule has 18 heavy (non-hydrogen) atoms. The lowest BCUT2D eigenvalue weighted by Gasteiger charge is -2.05. The van der Waals surface area contributed by atoms with E-state index in [9.17, 15) is 0 Å². The smallest absolute Gasteiger partial charge is 0.181 e. The first-order chi connectivity index (χ1) is 8.92. The van der Waals surface area contributed by atoms with Crippen LogP contribution in [0.1, 0.15) is 5.69 Å². The first kappa shape index (κ1) is 10.6. The molecule has 0 spiro atoms. The molecular weight excluding hydrogens is 228 g/mol. The van der Waals surface area contributed by atoms with Crippen LogP contribution in [-0.4, -0.2) is 15.2 Å². The largest absolute Gasteiger partial charge is 0.444 e. The zero-order valence-electron chi connectivity index (χ0n) is 9.63. The van der Waals surface area contributed by atoms with Crippen LogP contribution in [0.3, 0.4) is 0 Å². The molecule has 0 aliphatic rings. The molecule has 2 aromatic heterocycles. The summed E-state index contributed by atoms with van der Waals surface area (Å²) in [5.74, 6) is 0.773. The zero-order valence-corrected chi connectivity index (χ0v) is 9.63. The highest BCUT2D eigenvalue weighted by Gasteiger charge is 2.01. The summed E-state index contributed by atoms with van der Waals surface area (Å²) in [5.41, 5.74) is 3.11. The summed E-state index contributed by atoms with van der Waals surface area (Å²) in [6.07, 6.45) is 4.87. The van der Waals surface area contributed by atoms with Crippen molar-refractivity contribution in [2.75, 3.05) is 5.32 Å². The molecule has 5 nitrogen and oxygen atoms in total. The van der Waals surface area contributed by atoms with Crippen LogP contribution in [-0.2, 0) is 6.54 Å². The maximum Gasteiger partial charge on any atom is 0.181 e. The summed E-state index contributed by atoms with van der Waals surface area (Å²) in [6.45, 7) is 0.724. The minimum atomic E-state index is 0.724. The first-order valence-corrected chi connectivity index (χ1v) is 5.63. The molecule has 0 saturated carbocycles. The van der Waals surface area contributed by atoms with Crippen LogP contribution in [0.25, 0.3) is 11.3 Å². The van der Waals surface area contributed by atoms with E-state index in [-0.39, 0.29) is 0 Å². The highest BCUT2D eigenvalue weighted by atomic mass is 16.3. The first-order valence-electron chi connectivity index (χ1n) is 5.63. The van der Waals surface area contributed by atoms with Crippen LogP contribution < -0.4 is 5.32 Å². The van der Waals surface area contributed by atoms with Crippen molar-refractivity contribution in [2.45, 2.75) is 6.54 Å². The van der Waals surface area contributed by atoms with Crippen molar-refractivity contribution in [3.05, 3.63) is 54.8 Å². The molecule has 3 rings (SSSR count). The number of benzene rings is 1. The second kappa shape index (κ2) is 4.75. The monoisotopic (exact) mass is 240 g/mol. The summed E-state index contributed by atoms with van der Waals surface area (Å²) in [5, 5.41) is 10.1. The minimum absolute atomic E-state index is 0.724. The van der Waals surface area contributed by atoms with Gasteiger partial charge in [-0.1, -0.05) is 0 Å². The molecule has 90 valence electrons. The Morgan fingerprint density at radius 3 is 2.72 bits per heavy atom. The molecule has 0 saturated heterocycles. The highest BCUT2D eigenvalue weighted by molar-refractivity contribution is 5.60. The molecule has 0 amide bonds. The van der Waals surface area contributed by atoms with Crippen LogP contribution >= 0.6 is 0 Å². The SMILES string of the molecule is c1cc(CNc2ccc(-c3cnco3)cc2)[nH]n1. The maximum atomic E-state index is 5.23. The molecule has 0 fully saturated rings. The molecule has 2 heterocycles. The van der Waals surface area contributed by atoms with Gasteiger partial charge >= 0.3 is 0 Å². The van der Waals surface area contributed by atoms with E-state index in [0.29, 0.717) is 0 Å². The standard InChI is InChI=1S/C13H12N4O/c1-3-11(15-7-12-5-6-16-17-12)4-2-10(1)13-8-14-9-18-13/h1-6,8-9,15H,7H2,(H,16,17). The molecule has 2 N–H and O–H groups in total. The fourth-order valence-electron chi connectivity index (χ4n) is 1.69. The second-order valence-electron chi connectivity index (χ2n) is 3.88. The Bertz CT molecular complexity index is 584. The summed E-state index contributed by atoms with van der Waals surface area (Å²) in [4.78, 5) is 3.90. The highest BCUT2D eigenvalue weighted by Crippen LogP contribution is 2.20. The van der Waals surface area contributed by atoms with E-state index in [1.54, 1.807) is 12.4 Å². The van der Waals surface area contributed by atoms with Crippen molar-refractivity contribution in [1.82, 2.24) is 15.2 Å². The van der Waals surface area contributed by atoms with Crippen molar-refractivity contribution < 1.29 is 4.42 Å². The number of hydrogen-bond acceptors (Lipinski definition) is 4. The van der Waals surface area contributed by atoms with E-state index in [2.05, 4.69) is 20.5 Å². The lowest BCUT2D eigenvalue weighted by Crippen LogP contribution is -1.99. The van der Waals surface area contributed by atoms with E-state index in [1.807, 2.05) is 30.3 Å². The summed E-state index contributed by atoms with van der Waals surface area (Å²) >= 11 is 0. The second-order valence-corrected chi connectivity index (χ2v) is 3.88. The minimum Gasteiger partial charge on any atom is -0.444 e. The number of aromatic amines is 1. The summed E-state index contributed by atoms with van der Waals surface area (Å²) < 4.78 is 5.23. The molecule has 1 aromatic carbocycles. The van der Waals surface area contributed by atoms with Crippen molar-refractivity contribution in [3.63, 3.8) is 0 Å². The third-order valence-electron chi connectivity index (χ3n) is 2.64. The van der Waals surface area contributed by atoms with Gasteiger partial charge in [0.1, 0.15) is 0 Å². The molecule has 0 bridgehead atoms. The van der Waals surface area contributed by atoms with Crippen LogP contribution in [0.5, 0.6) is 0 Å². The van der Waals surface area contributed by atoms with E-state index in [0.717, 1.165) is 29.2 Å². The Hall–Kier alpha value is -2.56. The van der Waals surface area contributed by atoms with Crippen molar-refractivity contribution in [1.29, 1.82) is 0 Å². The average Bonchev–Trinajstić information content (AvgIpc) is 3.10. The van der Waals surface area contributed by atoms with E-state index in [1.165, 1.54) is 6.39 Å². The van der Waals surface area contributed by atoms with Crippen LogP contribution in [0.2, 0.25) is 0 Å². The number of hydrogen-bond donors (Lipinski definition) is 2. The average molecular weight is 240 g/mol. The number of oxazole rings is 1. The Balaban J connectivity index is 1.68. The fourth-order valence-corrected chi connectivity index (χ4v) is 1.69. The summed E-state index contributed by atoms with van der Waals surface area (Å²) in [7, 11) is 0. The lowest BCUT2D eigenvalue weighted by atomic mass is 10.1. The Morgan fingerprint density at radius 2 is 2.06 bits per heavy atom. The Labute approximate surface area is 104 Å². The van der Waals surface area contributed by atoms with E-state index >= 15 is 0 Å². The third-order valence-corrected chi connectivity index (χ3v) is 2.64. The van der Waals surface area contributed by atoms with Crippen LogP contribution in [0, 0.1) is 0 Å². The Morgan fingerprint density at radius 1 is 1.17 bits per heavy atom. The molecule has 0 radical (unpaired) electrons. The molecule has 0 aliphatic carbocycles. The van der Waals surface area contributed by atoms with Gasteiger partial charge in [-0.3, -0.25) is 5.10 Å². The molecule has 0 unspecified atom stereocenters. The number of nitrogens with zero attached hydrogens (tertiary/aromatic N) is 2. The number of H-pyrrole nitrogens is 1. The van der Waals surface area contributed by atoms with Crippen LogP contribution in [0.4, 0.5) is 5.69 Å². The number of anilines is 1. The quantitative estimate of drug-likeness (QED) is 0.735. The molecule has 0 atom stereocenters.